The van der Waals surface area contributed by atoms with E-state index in [9.17, 15) is 4.79 Å². The summed E-state index contributed by atoms with van der Waals surface area (Å²) in [6, 6.07) is 7.68. The Balaban J connectivity index is 2.63. The predicted molar refractivity (Wildman–Crippen MR) is 63.1 cm³/mol. The molecule has 0 spiro atoms. The first-order chi connectivity index (χ1) is 7.68. The van der Waals surface area contributed by atoms with Crippen LogP contribution in [-0.4, -0.2) is 16.1 Å². The number of hydrogen-bond donors (Lipinski definition) is 1. The monoisotopic (exact) mass is 213 g/mol. The van der Waals surface area contributed by atoms with E-state index in [0.29, 0.717) is 0 Å². The van der Waals surface area contributed by atoms with Gasteiger partial charge in [-0.1, -0.05) is 18.2 Å². The number of aliphatic carboxylic acids is 1. The van der Waals surface area contributed by atoms with E-state index in [1.165, 1.54) is 0 Å². The lowest BCUT2D eigenvalue weighted by Gasteiger charge is -2.03. The fourth-order valence-electron chi connectivity index (χ4n) is 1.63. The van der Waals surface area contributed by atoms with Crippen LogP contribution >= 0.6 is 0 Å². The van der Waals surface area contributed by atoms with Crippen molar-refractivity contribution in [2.75, 3.05) is 0 Å². The molecule has 0 radical (unpaired) electrons. The molecule has 0 bridgehead atoms. The van der Waals surface area contributed by atoms with Crippen molar-refractivity contribution < 1.29 is 9.90 Å². The lowest BCUT2D eigenvalue weighted by molar-refractivity contribution is -0.131. The van der Waals surface area contributed by atoms with Gasteiger partial charge >= 0.3 is 5.97 Å². The van der Waals surface area contributed by atoms with Crippen LogP contribution in [0, 0.1) is 6.92 Å². The van der Waals surface area contributed by atoms with Gasteiger partial charge in [-0.2, -0.15) is 0 Å². The van der Waals surface area contributed by atoms with Gasteiger partial charge in [0.15, 0.2) is 0 Å². The third-order valence-corrected chi connectivity index (χ3v) is 2.43. The van der Waals surface area contributed by atoms with Gasteiger partial charge in [0.05, 0.1) is 5.52 Å². The average Bonchev–Trinajstić information content (AvgIpc) is 2.27. The highest BCUT2D eigenvalue weighted by Crippen LogP contribution is 2.20. The van der Waals surface area contributed by atoms with E-state index in [4.69, 9.17) is 5.11 Å². The smallest absolute Gasteiger partial charge is 0.328 e. The Hall–Kier alpha value is -2.16. The normalized spacial score (nSPS) is 11.1. The molecule has 3 nitrogen and oxygen atoms in total. The highest BCUT2D eigenvalue weighted by molar-refractivity contribution is 5.93. The Morgan fingerprint density at radius 2 is 2.19 bits per heavy atom. The van der Waals surface area contributed by atoms with E-state index in [2.05, 4.69) is 4.98 Å². The summed E-state index contributed by atoms with van der Waals surface area (Å²) in [7, 11) is 0. The van der Waals surface area contributed by atoms with Crippen LogP contribution in [0.3, 0.4) is 0 Å². The summed E-state index contributed by atoms with van der Waals surface area (Å²) in [6.07, 6.45) is 4.42. The largest absolute Gasteiger partial charge is 0.478 e. The van der Waals surface area contributed by atoms with E-state index in [1.807, 2.05) is 31.2 Å². The maximum absolute atomic E-state index is 10.5. The van der Waals surface area contributed by atoms with E-state index in [1.54, 1.807) is 12.3 Å². The Morgan fingerprint density at radius 1 is 1.38 bits per heavy atom. The highest BCUT2D eigenvalue weighted by Gasteiger charge is 2.01. The summed E-state index contributed by atoms with van der Waals surface area (Å²) in [5.74, 6) is -0.954. The minimum absolute atomic E-state index is 0.823. The summed E-state index contributed by atoms with van der Waals surface area (Å²) in [5.41, 5.74) is 2.79. The second kappa shape index (κ2) is 4.14. The molecule has 0 fully saturated rings. The minimum Gasteiger partial charge on any atom is -0.478 e. The first-order valence-electron chi connectivity index (χ1n) is 4.94. The van der Waals surface area contributed by atoms with E-state index < -0.39 is 5.97 Å². The highest BCUT2D eigenvalue weighted by atomic mass is 16.4. The van der Waals surface area contributed by atoms with Crippen molar-refractivity contribution in [3.8, 4) is 0 Å². The van der Waals surface area contributed by atoms with Crippen LogP contribution in [0.15, 0.2) is 36.5 Å². The van der Waals surface area contributed by atoms with Crippen molar-refractivity contribution in [2.45, 2.75) is 6.92 Å². The number of aryl methyl sites for hydroxylation is 1. The van der Waals surface area contributed by atoms with Crippen molar-refractivity contribution in [1.82, 2.24) is 4.98 Å². The zero-order chi connectivity index (χ0) is 11.5. The number of carbonyl (C=O) groups is 1. The average molecular weight is 213 g/mol. The van der Waals surface area contributed by atoms with E-state index >= 15 is 0 Å². The SMILES string of the molecule is Cc1ccnc2c(/C=C/C(=O)O)cccc12. The lowest BCUT2D eigenvalue weighted by atomic mass is 10.1. The molecular weight excluding hydrogens is 202 g/mol. The summed E-state index contributed by atoms with van der Waals surface area (Å²) < 4.78 is 0. The number of carboxylic acids is 1. The molecule has 0 saturated carbocycles. The Kier molecular flexibility index (Phi) is 2.68. The predicted octanol–water partition coefficient (Wildman–Crippen LogP) is 2.64. The fraction of sp³-hybridized carbons (Fsp3) is 0.0769. The standard InChI is InChI=1S/C13H11NO2/c1-9-7-8-14-13-10(5-6-12(15)16)3-2-4-11(9)13/h2-8H,1H3,(H,15,16)/b6-5+. The topological polar surface area (TPSA) is 50.2 Å². The maximum Gasteiger partial charge on any atom is 0.328 e. The van der Waals surface area contributed by atoms with Gasteiger partial charge in [-0.25, -0.2) is 4.79 Å². The summed E-state index contributed by atoms with van der Waals surface area (Å²) >= 11 is 0. The number of nitrogens with zero attached hydrogens (tertiary/aromatic N) is 1. The fourth-order valence-corrected chi connectivity index (χ4v) is 1.63. The molecular formula is C13H11NO2. The first kappa shape index (κ1) is 10.4. The van der Waals surface area contributed by atoms with Gasteiger partial charge in [0.1, 0.15) is 0 Å². The molecule has 3 heteroatoms. The van der Waals surface area contributed by atoms with Crippen molar-refractivity contribution >= 4 is 22.9 Å². The van der Waals surface area contributed by atoms with Crippen molar-refractivity contribution in [2.24, 2.45) is 0 Å². The lowest BCUT2D eigenvalue weighted by Crippen LogP contribution is -1.88. The summed E-state index contributed by atoms with van der Waals surface area (Å²) in [6.45, 7) is 2.01. The summed E-state index contributed by atoms with van der Waals surface area (Å²) in [4.78, 5) is 14.7. The third kappa shape index (κ3) is 1.93. The molecule has 1 aromatic carbocycles. The number of hydrogen-bond acceptors (Lipinski definition) is 2. The molecule has 1 heterocycles. The number of fused-ring (bicyclic) bond motifs is 1. The van der Waals surface area contributed by atoms with E-state index in [0.717, 1.165) is 28.1 Å². The first-order valence-corrected chi connectivity index (χ1v) is 4.94. The molecule has 16 heavy (non-hydrogen) atoms. The minimum atomic E-state index is -0.954. The Bertz CT molecular complexity index is 573. The molecule has 1 aromatic heterocycles. The zero-order valence-electron chi connectivity index (χ0n) is 8.84. The van der Waals surface area contributed by atoms with Gasteiger partial charge in [0.25, 0.3) is 0 Å². The molecule has 0 saturated heterocycles. The zero-order valence-corrected chi connectivity index (χ0v) is 8.84. The molecule has 2 rings (SSSR count). The molecule has 0 atom stereocenters. The maximum atomic E-state index is 10.5. The number of aromatic nitrogens is 1. The van der Waals surface area contributed by atoms with E-state index in [-0.39, 0.29) is 0 Å². The van der Waals surface area contributed by atoms with Crippen LogP contribution in [-0.2, 0) is 4.79 Å². The van der Waals surface area contributed by atoms with Crippen molar-refractivity contribution in [3.63, 3.8) is 0 Å². The number of rotatable bonds is 2. The molecule has 0 amide bonds. The van der Waals surface area contributed by atoms with Gasteiger partial charge < -0.3 is 5.11 Å². The third-order valence-electron chi connectivity index (χ3n) is 2.43. The van der Waals surface area contributed by atoms with Gasteiger partial charge in [-0.3, -0.25) is 4.98 Å². The second-order valence-corrected chi connectivity index (χ2v) is 3.54. The van der Waals surface area contributed by atoms with Gasteiger partial charge in [-0.05, 0) is 24.6 Å². The van der Waals surface area contributed by atoms with Crippen LogP contribution in [0.4, 0.5) is 0 Å². The number of pyridine rings is 1. The quantitative estimate of drug-likeness (QED) is 0.780. The molecule has 0 aliphatic rings. The number of benzene rings is 1. The summed E-state index contributed by atoms with van der Waals surface area (Å²) in [5, 5.41) is 9.65. The molecule has 80 valence electrons. The van der Waals surface area contributed by atoms with Crippen molar-refractivity contribution in [3.05, 3.63) is 47.7 Å². The van der Waals surface area contributed by atoms with Crippen LogP contribution in [0.1, 0.15) is 11.1 Å². The molecule has 1 N–H and O–H groups in total. The second-order valence-electron chi connectivity index (χ2n) is 3.54. The Labute approximate surface area is 93.1 Å². The van der Waals surface area contributed by atoms with Gasteiger partial charge in [0.2, 0.25) is 0 Å². The number of para-hydroxylation sites is 1. The van der Waals surface area contributed by atoms with Crippen LogP contribution < -0.4 is 0 Å². The van der Waals surface area contributed by atoms with Gasteiger partial charge in [-0.15, -0.1) is 0 Å². The van der Waals surface area contributed by atoms with Crippen molar-refractivity contribution in [1.29, 1.82) is 0 Å². The van der Waals surface area contributed by atoms with Crippen LogP contribution in [0.25, 0.3) is 17.0 Å². The number of carboxylic acid groups (broad SMARTS) is 1. The molecule has 0 unspecified atom stereocenters. The van der Waals surface area contributed by atoms with Crippen LogP contribution in [0.5, 0.6) is 0 Å². The molecule has 2 aromatic rings. The van der Waals surface area contributed by atoms with Gasteiger partial charge in [0, 0.05) is 23.2 Å². The molecule has 0 aliphatic heterocycles. The Morgan fingerprint density at radius 3 is 2.94 bits per heavy atom. The molecule has 0 aliphatic carbocycles. The van der Waals surface area contributed by atoms with Crippen LogP contribution in [0.2, 0.25) is 0 Å².